The molecule has 1 aromatic rings. The highest BCUT2D eigenvalue weighted by atomic mass is 32.2. The second kappa shape index (κ2) is 8.64. The van der Waals surface area contributed by atoms with E-state index in [4.69, 9.17) is 4.74 Å². The molecule has 2 rings (SSSR count). The van der Waals surface area contributed by atoms with Crippen LogP contribution in [0.5, 0.6) is 0 Å². The fourth-order valence-corrected chi connectivity index (χ4v) is 3.68. The molecule has 1 heterocycles. The number of nitrogens with one attached hydrogen (secondary N) is 3. The molecule has 0 atom stereocenters. The molecule has 0 aromatic heterocycles. The maximum absolute atomic E-state index is 12.3. The summed E-state index contributed by atoms with van der Waals surface area (Å²) in [6.45, 7) is 3.07. The van der Waals surface area contributed by atoms with Gasteiger partial charge in [0.15, 0.2) is 0 Å². The van der Waals surface area contributed by atoms with Crippen LogP contribution < -0.4 is 15.4 Å². The molecule has 1 fully saturated rings. The van der Waals surface area contributed by atoms with Gasteiger partial charge in [0.25, 0.3) is 0 Å². The monoisotopic (exact) mass is 369 g/mol. The van der Waals surface area contributed by atoms with E-state index < -0.39 is 10.0 Å². The van der Waals surface area contributed by atoms with E-state index >= 15 is 0 Å². The molecular weight excluding hydrogens is 342 g/mol. The molecule has 0 radical (unpaired) electrons. The molecule has 1 aliphatic heterocycles. The average molecular weight is 369 g/mol. The van der Waals surface area contributed by atoms with Gasteiger partial charge in [-0.25, -0.2) is 8.42 Å². The largest absolute Gasteiger partial charge is 0.384 e. The highest BCUT2D eigenvalue weighted by Gasteiger charge is 2.32. The minimum Gasteiger partial charge on any atom is -0.384 e. The first kappa shape index (κ1) is 19.7. The van der Waals surface area contributed by atoms with Gasteiger partial charge in [0, 0.05) is 24.8 Å². The summed E-state index contributed by atoms with van der Waals surface area (Å²) in [7, 11) is -1.65. The average Bonchev–Trinajstić information content (AvgIpc) is 2.53. The predicted molar refractivity (Wildman–Crippen MR) is 98.0 cm³/mol. The van der Waals surface area contributed by atoms with Crippen LogP contribution in [-0.4, -0.2) is 53.9 Å². The first-order valence-corrected chi connectivity index (χ1v) is 10.2. The van der Waals surface area contributed by atoms with E-state index in [1.165, 1.54) is 0 Å². The third-order valence-electron chi connectivity index (χ3n) is 4.37. The van der Waals surface area contributed by atoms with Gasteiger partial charge in [-0.2, -0.15) is 0 Å². The quantitative estimate of drug-likeness (QED) is 0.628. The molecule has 7 nitrogen and oxygen atoms in total. The fourth-order valence-electron chi connectivity index (χ4n) is 3.13. The van der Waals surface area contributed by atoms with Gasteiger partial charge in [-0.15, -0.1) is 0 Å². The standard InChI is InChI=1S/C17H27N3O4S/c1-24-13-17(6-8-18-9-7-17)12-19-16(21)11-14-4-3-5-15(10-14)20-25(2,22)23/h3-5,10,18,20H,6-9,11-13H2,1-2H3,(H,19,21). The molecule has 0 spiro atoms. The minimum absolute atomic E-state index is 0.0185. The normalized spacial score (nSPS) is 17.0. The van der Waals surface area contributed by atoms with Crippen LogP contribution in [0.15, 0.2) is 24.3 Å². The predicted octanol–water partition coefficient (Wildman–Crippen LogP) is 0.733. The topological polar surface area (TPSA) is 96.5 Å². The molecular formula is C17H27N3O4S. The Hall–Kier alpha value is -1.64. The SMILES string of the molecule is COCC1(CNC(=O)Cc2cccc(NS(C)(=O)=O)c2)CCNCC1. The zero-order valence-corrected chi connectivity index (χ0v) is 15.6. The van der Waals surface area contributed by atoms with Crippen molar-refractivity contribution in [2.75, 3.05) is 44.3 Å². The van der Waals surface area contributed by atoms with E-state index in [-0.39, 0.29) is 17.7 Å². The van der Waals surface area contributed by atoms with Crippen molar-refractivity contribution in [2.45, 2.75) is 19.3 Å². The van der Waals surface area contributed by atoms with E-state index in [0.717, 1.165) is 37.8 Å². The lowest BCUT2D eigenvalue weighted by molar-refractivity contribution is -0.121. The van der Waals surface area contributed by atoms with Gasteiger partial charge in [0.1, 0.15) is 0 Å². The van der Waals surface area contributed by atoms with Gasteiger partial charge in [0.2, 0.25) is 15.9 Å². The number of anilines is 1. The van der Waals surface area contributed by atoms with Gasteiger partial charge >= 0.3 is 0 Å². The number of carbonyl (C=O) groups excluding carboxylic acids is 1. The number of hydrogen-bond donors (Lipinski definition) is 3. The number of hydrogen-bond acceptors (Lipinski definition) is 5. The van der Waals surface area contributed by atoms with Crippen molar-refractivity contribution in [1.82, 2.24) is 10.6 Å². The summed E-state index contributed by atoms with van der Waals surface area (Å²) in [6.07, 6.45) is 3.24. The van der Waals surface area contributed by atoms with Crippen molar-refractivity contribution >= 4 is 21.6 Å². The van der Waals surface area contributed by atoms with Crippen molar-refractivity contribution in [3.05, 3.63) is 29.8 Å². The molecule has 1 aromatic carbocycles. The zero-order chi connectivity index (χ0) is 18.3. The second-order valence-corrected chi connectivity index (χ2v) is 8.46. The molecule has 0 unspecified atom stereocenters. The Morgan fingerprint density at radius 1 is 1.32 bits per heavy atom. The minimum atomic E-state index is -3.33. The third-order valence-corrected chi connectivity index (χ3v) is 4.98. The van der Waals surface area contributed by atoms with E-state index in [1.54, 1.807) is 25.3 Å². The summed E-state index contributed by atoms with van der Waals surface area (Å²) in [5, 5.41) is 6.33. The molecule has 3 N–H and O–H groups in total. The number of benzene rings is 1. The molecule has 8 heteroatoms. The first-order chi connectivity index (χ1) is 11.8. The van der Waals surface area contributed by atoms with Gasteiger partial charge in [-0.3, -0.25) is 9.52 Å². The number of carbonyl (C=O) groups is 1. The summed E-state index contributed by atoms with van der Waals surface area (Å²) in [5.74, 6) is -0.0782. The Morgan fingerprint density at radius 2 is 2.04 bits per heavy atom. The second-order valence-electron chi connectivity index (χ2n) is 6.71. The van der Waals surface area contributed by atoms with E-state index in [0.29, 0.717) is 18.8 Å². The van der Waals surface area contributed by atoms with Crippen LogP contribution in [-0.2, 0) is 26.0 Å². The summed E-state index contributed by atoms with van der Waals surface area (Å²) in [4.78, 5) is 12.3. The molecule has 140 valence electrons. The number of sulfonamides is 1. The molecule has 1 aliphatic rings. The zero-order valence-electron chi connectivity index (χ0n) is 14.8. The number of amides is 1. The Bertz CT molecular complexity index is 679. The Balaban J connectivity index is 1.92. The molecule has 1 amide bonds. The van der Waals surface area contributed by atoms with Crippen LogP contribution in [0.1, 0.15) is 18.4 Å². The number of methoxy groups -OCH3 is 1. The van der Waals surface area contributed by atoms with E-state index in [2.05, 4.69) is 15.4 Å². The highest BCUT2D eigenvalue weighted by Crippen LogP contribution is 2.28. The van der Waals surface area contributed by atoms with Crippen LogP contribution >= 0.6 is 0 Å². The first-order valence-electron chi connectivity index (χ1n) is 8.35. The van der Waals surface area contributed by atoms with Crippen molar-refractivity contribution in [3.8, 4) is 0 Å². The lowest BCUT2D eigenvalue weighted by Gasteiger charge is -2.37. The lowest BCUT2D eigenvalue weighted by Crippen LogP contribution is -2.47. The maximum Gasteiger partial charge on any atom is 0.229 e. The van der Waals surface area contributed by atoms with Gasteiger partial charge in [0.05, 0.1) is 19.3 Å². The smallest absolute Gasteiger partial charge is 0.229 e. The van der Waals surface area contributed by atoms with Crippen LogP contribution in [0.2, 0.25) is 0 Å². The van der Waals surface area contributed by atoms with Crippen molar-refractivity contribution < 1.29 is 17.9 Å². The lowest BCUT2D eigenvalue weighted by atomic mass is 9.79. The Labute approximate surface area is 149 Å². The van der Waals surface area contributed by atoms with Crippen LogP contribution in [0.3, 0.4) is 0 Å². The van der Waals surface area contributed by atoms with Crippen LogP contribution in [0.25, 0.3) is 0 Å². The molecule has 25 heavy (non-hydrogen) atoms. The van der Waals surface area contributed by atoms with E-state index in [9.17, 15) is 13.2 Å². The van der Waals surface area contributed by atoms with Crippen molar-refractivity contribution in [3.63, 3.8) is 0 Å². The maximum atomic E-state index is 12.3. The van der Waals surface area contributed by atoms with Gasteiger partial charge in [-0.1, -0.05) is 12.1 Å². The Morgan fingerprint density at radius 3 is 2.68 bits per heavy atom. The molecule has 0 saturated carbocycles. The van der Waals surface area contributed by atoms with Gasteiger partial charge in [-0.05, 0) is 43.6 Å². The number of ether oxygens (including phenoxy) is 1. The molecule has 0 bridgehead atoms. The summed E-state index contributed by atoms with van der Waals surface area (Å²) in [6, 6.07) is 6.87. The third kappa shape index (κ3) is 6.64. The number of rotatable bonds is 8. The summed E-state index contributed by atoms with van der Waals surface area (Å²) >= 11 is 0. The highest BCUT2D eigenvalue weighted by molar-refractivity contribution is 7.92. The van der Waals surface area contributed by atoms with Crippen molar-refractivity contribution in [1.29, 1.82) is 0 Å². The summed E-state index contributed by atoms with van der Waals surface area (Å²) in [5.41, 5.74) is 1.20. The summed E-state index contributed by atoms with van der Waals surface area (Å²) < 4.78 is 30.4. The number of piperidine rings is 1. The Kier molecular flexibility index (Phi) is 6.80. The van der Waals surface area contributed by atoms with Gasteiger partial charge < -0.3 is 15.4 Å². The van der Waals surface area contributed by atoms with Crippen LogP contribution in [0, 0.1) is 5.41 Å². The van der Waals surface area contributed by atoms with Crippen LogP contribution in [0.4, 0.5) is 5.69 Å². The molecule has 1 saturated heterocycles. The van der Waals surface area contributed by atoms with E-state index in [1.807, 2.05) is 6.07 Å². The van der Waals surface area contributed by atoms with Crippen molar-refractivity contribution in [2.24, 2.45) is 5.41 Å². The molecule has 0 aliphatic carbocycles. The fraction of sp³-hybridized carbons (Fsp3) is 0.588.